The molecular weight excluding hydrogens is 410 g/mol. The third kappa shape index (κ3) is 15.5. The molecule has 0 aliphatic heterocycles. The van der Waals surface area contributed by atoms with E-state index in [0.29, 0.717) is 13.2 Å². The van der Waals surface area contributed by atoms with Crippen LogP contribution in [-0.2, 0) is 13.6 Å². The zero-order valence-corrected chi connectivity index (χ0v) is 17.4. The number of rotatable bonds is 10. The molecule has 0 heterocycles. The van der Waals surface area contributed by atoms with Gasteiger partial charge < -0.3 is 20.1 Å². The van der Waals surface area contributed by atoms with Crippen molar-refractivity contribution in [1.29, 1.82) is 0 Å². The summed E-state index contributed by atoms with van der Waals surface area (Å²) in [5.41, 5.74) is 0. The third-order valence-corrected chi connectivity index (χ3v) is 6.08. The van der Waals surface area contributed by atoms with E-state index in [2.05, 4.69) is 48.3 Å². The molecule has 0 rings (SSSR count). The number of hydrogen-bond acceptors (Lipinski definition) is 6. The van der Waals surface area contributed by atoms with E-state index in [1.165, 1.54) is 15.8 Å². The summed E-state index contributed by atoms with van der Waals surface area (Å²) >= 11 is 3.59. The Bertz CT molecular complexity index is 225. The Morgan fingerprint density at radius 3 is 1.75 bits per heavy atom. The average Bonchev–Trinajstić information content (AvgIpc) is 2.36. The van der Waals surface area contributed by atoms with E-state index in [0.717, 1.165) is 25.4 Å². The number of nitrogens with zero attached hydrogens (tertiary/aromatic N) is 1. The molecule has 0 aromatic carbocycles. The van der Waals surface area contributed by atoms with Gasteiger partial charge in [0.25, 0.3) is 0 Å². The van der Waals surface area contributed by atoms with Crippen LogP contribution in [-0.4, -0.2) is 47.9 Å². The summed E-state index contributed by atoms with van der Waals surface area (Å²) < 4.78 is 23.7. The molecule has 0 aromatic heterocycles. The van der Waals surface area contributed by atoms with E-state index >= 15 is 0 Å². The van der Waals surface area contributed by atoms with Crippen molar-refractivity contribution in [2.24, 2.45) is 0 Å². The number of hydrogen-bond donors (Lipinski definition) is 1. The molecule has 0 radical (unpaired) electrons. The molecule has 0 unspecified atom stereocenters. The predicted molar refractivity (Wildman–Crippen MR) is 101 cm³/mol. The first-order valence-electron chi connectivity index (χ1n) is 6.85. The van der Waals surface area contributed by atoms with Crippen molar-refractivity contribution in [2.75, 3.05) is 43.0 Å². The van der Waals surface area contributed by atoms with Crippen LogP contribution in [0, 0.1) is 0 Å². The highest BCUT2D eigenvalue weighted by atomic mass is 127. The lowest BCUT2D eigenvalue weighted by Gasteiger charge is -2.20. The Hall–Kier alpha value is 1.15. The molecule has 0 spiro atoms. The maximum Gasteiger partial charge on any atom is 0.389 e. The maximum atomic E-state index is 12.1. The zero-order valence-electron chi connectivity index (χ0n) is 13.6. The topological polar surface area (TPSA) is 73.8 Å². The van der Waals surface area contributed by atoms with Crippen LogP contribution in [0.2, 0.25) is 0 Å². The fourth-order valence-electron chi connectivity index (χ4n) is 1.25. The van der Waals surface area contributed by atoms with Crippen molar-refractivity contribution >= 4 is 40.8 Å². The second-order valence-corrected chi connectivity index (χ2v) is 9.13. The third-order valence-electron chi connectivity index (χ3n) is 2.13. The molecule has 0 amide bonds. The Morgan fingerprint density at radius 2 is 1.45 bits per heavy atom. The number of alkyl halides is 1. The summed E-state index contributed by atoms with van der Waals surface area (Å²) in [7, 11) is 0. The highest BCUT2D eigenvalue weighted by Crippen LogP contribution is 2.60. The normalized spacial score (nSPS) is 10.8. The fraction of sp³-hybridized carbons (Fsp3) is 1.00. The lowest BCUT2D eigenvalue weighted by atomic mass is 10.5. The van der Waals surface area contributed by atoms with Crippen LogP contribution in [0.5, 0.6) is 0 Å². The largest absolute Gasteiger partial charge is 0.389 e. The van der Waals surface area contributed by atoms with Crippen molar-refractivity contribution < 1.29 is 13.6 Å². The van der Waals surface area contributed by atoms with Crippen LogP contribution in [0.3, 0.4) is 0 Å². The Labute approximate surface area is 142 Å². The monoisotopic (exact) mass is 442 g/mol. The standard InChI is InChI=1S/C10H24NO3PS.C2H5I.H3N/c1-5-11(6-2)9-10-16-15(12,13-7-3)14-8-4;1-2-3;/h5-10H2,1-4H3;2H2,1H3;1H3. The minimum atomic E-state index is -2.91. The van der Waals surface area contributed by atoms with Crippen molar-refractivity contribution in [1.82, 2.24) is 11.1 Å². The van der Waals surface area contributed by atoms with Gasteiger partial charge in [0, 0.05) is 12.3 Å². The summed E-state index contributed by atoms with van der Waals surface area (Å²) in [6, 6.07) is 0. The predicted octanol–water partition coefficient (Wildman–Crippen LogP) is 4.85. The molecule has 3 N–H and O–H groups in total. The van der Waals surface area contributed by atoms with Crippen LogP contribution in [0.15, 0.2) is 0 Å². The van der Waals surface area contributed by atoms with Gasteiger partial charge in [-0.25, -0.2) is 4.57 Å². The summed E-state index contributed by atoms with van der Waals surface area (Å²) in [5, 5.41) is 0. The van der Waals surface area contributed by atoms with Crippen molar-refractivity contribution in [3.05, 3.63) is 0 Å². The molecule has 8 heteroatoms. The number of halogens is 1. The SMILES string of the molecule is CCI.CCOP(=O)(OCC)SCCN(CC)CC.N. The van der Waals surface area contributed by atoms with E-state index in [-0.39, 0.29) is 6.15 Å². The molecule has 0 fully saturated rings. The van der Waals surface area contributed by atoms with E-state index in [4.69, 9.17) is 9.05 Å². The fourth-order valence-corrected chi connectivity index (χ4v) is 4.66. The van der Waals surface area contributed by atoms with E-state index in [1.807, 2.05) is 13.8 Å². The Kier molecular flexibility index (Phi) is 23.7. The molecule has 5 nitrogen and oxygen atoms in total. The highest BCUT2D eigenvalue weighted by Gasteiger charge is 2.24. The smallest absolute Gasteiger partial charge is 0.344 e. The second kappa shape index (κ2) is 18.2. The van der Waals surface area contributed by atoms with Gasteiger partial charge in [-0.05, 0) is 42.7 Å². The molecule has 0 aromatic rings. The molecule has 0 saturated heterocycles. The van der Waals surface area contributed by atoms with Crippen LogP contribution in [0.25, 0.3) is 0 Å². The maximum absolute atomic E-state index is 12.1. The highest BCUT2D eigenvalue weighted by molar-refractivity contribution is 14.1. The van der Waals surface area contributed by atoms with Gasteiger partial charge in [0.05, 0.1) is 13.2 Å². The zero-order chi connectivity index (χ0) is 15.1. The van der Waals surface area contributed by atoms with Gasteiger partial charge >= 0.3 is 6.80 Å². The van der Waals surface area contributed by atoms with Crippen LogP contribution in [0.4, 0.5) is 0 Å². The summed E-state index contributed by atoms with van der Waals surface area (Å²) in [6.45, 7) is 10.9. The summed E-state index contributed by atoms with van der Waals surface area (Å²) in [5.74, 6) is 0.777. The van der Waals surface area contributed by atoms with Crippen LogP contribution >= 0.6 is 40.8 Å². The quantitative estimate of drug-likeness (QED) is 0.296. The van der Waals surface area contributed by atoms with E-state index in [9.17, 15) is 4.57 Å². The van der Waals surface area contributed by atoms with E-state index in [1.54, 1.807) is 0 Å². The van der Waals surface area contributed by atoms with Gasteiger partial charge in [-0.3, -0.25) is 0 Å². The first-order valence-corrected chi connectivity index (χ1v) is 11.5. The first kappa shape index (κ1) is 26.1. The van der Waals surface area contributed by atoms with Gasteiger partial charge in [0.2, 0.25) is 0 Å². The lowest BCUT2D eigenvalue weighted by molar-refractivity contribution is 0.236. The first-order chi connectivity index (χ1) is 9.03. The van der Waals surface area contributed by atoms with Gasteiger partial charge in [-0.2, -0.15) is 0 Å². The minimum Gasteiger partial charge on any atom is -0.344 e. The van der Waals surface area contributed by atoms with Crippen molar-refractivity contribution in [2.45, 2.75) is 34.6 Å². The van der Waals surface area contributed by atoms with Gasteiger partial charge in [-0.1, -0.05) is 43.4 Å². The van der Waals surface area contributed by atoms with Gasteiger partial charge in [0.1, 0.15) is 0 Å². The van der Waals surface area contributed by atoms with Crippen molar-refractivity contribution in [3.63, 3.8) is 0 Å². The molecule has 0 saturated carbocycles. The molecule has 0 aliphatic carbocycles. The second-order valence-electron chi connectivity index (χ2n) is 3.41. The van der Waals surface area contributed by atoms with Crippen molar-refractivity contribution in [3.8, 4) is 0 Å². The molecule has 20 heavy (non-hydrogen) atoms. The average molecular weight is 442 g/mol. The summed E-state index contributed by atoms with van der Waals surface area (Å²) in [4.78, 5) is 2.29. The minimum absolute atomic E-state index is 0. The molecule has 126 valence electrons. The molecule has 0 bridgehead atoms. The van der Waals surface area contributed by atoms with Gasteiger partial charge in [-0.15, -0.1) is 0 Å². The lowest BCUT2D eigenvalue weighted by Crippen LogP contribution is -2.25. The van der Waals surface area contributed by atoms with Gasteiger partial charge in [0.15, 0.2) is 0 Å². The Balaban J connectivity index is -0.000000657. The van der Waals surface area contributed by atoms with E-state index < -0.39 is 6.80 Å². The summed E-state index contributed by atoms with van der Waals surface area (Å²) in [6.07, 6.45) is 0. The molecule has 0 aliphatic rings. The van der Waals surface area contributed by atoms with Crippen LogP contribution < -0.4 is 6.15 Å². The Morgan fingerprint density at radius 1 is 1.05 bits per heavy atom. The molecule has 0 atom stereocenters. The molecular formula is C12H32IN2O3PS. The van der Waals surface area contributed by atoms with Crippen LogP contribution in [0.1, 0.15) is 34.6 Å².